The van der Waals surface area contributed by atoms with E-state index in [1.165, 1.54) is 0 Å². The number of nitrogen functional groups attached to an aromatic ring is 1. The van der Waals surface area contributed by atoms with Crippen molar-refractivity contribution in [3.63, 3.8) is 0 Å². The number of rotatable bonds is 0. The number of alkyl halides is 3. The summed E-state index contributed by atoms with van der Waals surface area (Å²) in [5.41, 5.74) is 5.06. The molecule has 0 amide bonds. The van der Waals surface area contributed by atoms with Crippen molar-refractivity contribution in [2.45, 2.75) is 11.2 Å². The van der Waals surface area contributed by atoms with E-state index >= 15 is 0 Å². The van der Waals surface area contributed by atoms with Gasteiger partial charge in [-0.3, -0.25) is 0 Å². The lowest BCUT2D eigenvalue weighted by molar-refractivity contribution is -0.145. The van der Waals surface area contributed by atoms with Gasteiger partial charge in [0.25, 0.3) is 0 Å². The van der Waals surface area contributed by atoms with E-state index in [1.54, 1.807) is 0 Å². The zero-order chi connectivity index (χ0) is 9.35. The Bertz CT molecular complexity index is 278. The van der Waals surface area contributed by atoms with Crippen molar-refractivity contribution in [2.24, 2.45) is 0 Å². The minimum atomic E-state index is -4.58. The van der Waals surface area contributed by atoms with Crippen LogP contribution in [-0.2, 0) is 6.18 Å². The Morgan fingerprint density at radius 3 is 2.33 bits per heavy atom. The van der Waals surface area contributed by atoms with Crippen LogP contribution in [0.5, 0.6) is 0 Å². The van der Waals surface area contributed by atoms with E-state index in [2.05, 4.69) is 22.6 Å². The zero-order valence-electron chi connectivity index (χ0n) is 5.63. The van der Waals surface area contributed by atoms with Crippen molar-refractivity contribution in [1.82, 2.24) is 9.97 Å². The molecule has 0 aliphatic rings. The van der Waals surface area contributed by atoms with Crippen LogP contribution in [0.1, 0.15) is 5.82 Å². The van der Waals surface area contributed by atoms with Gasteiger partial charge in [0.2, 0.25) is 5.82 Å². The maximum atomic E-state index is 11.9. The third-order valence-corrected chi connectivity index (χ3v) is 1.22. The molecule has 0 aromatic carbocycles. The molecular formula is C5H4F3N3S. The van der Waals surface area contributed by atoms with Crippen LogP contribution in [0.4, 0.5) is 19.0 Å². The molecule has 0 saturated carbocycles. The SMILES string of the molecule is Nc1cc(S)nc(C(F)(F)F)n1. The van der Waals surface area contributed by atoms with Crippen molar-refractivity contribution in [3.8, 4) is 0 Å². The van der Waals surface area contributed by atoms with Crippen molar-refractivity contribution < 1.29 is 13.2 Å². The van der Waals surface area contributed by atoms with Gasteiger partial charge in [-0.15, -0.1) is 12.6 Å². The Balaban J connectivity index is 3.18. The van der Waals surface area contributed by atoms with Crippen LogP contribution in [0, 0.1) is 0 Å². The molecule has 1 aromatic rings. The highest BCUT2D eigenvalue weighted by Crippen LogP contribution is 2.27. The second-order valence-corrected chi connectivity index (χ2v) is 2.43. The first-order valence-corrected chi connectivity index (χ1v) is 3.25. The summed E-state index contributed by atoms with van der Waals surface area (Å²) in [6, 6.07) is 1.14. The summed E-state index contributed by atoms with van der Waals surface area (Å²) >= 11 is 3.62. The molecule has 0 bridgehead atoms. The third-order valence-electron chi connectivity index (χ3n) is 0.986. The minimum absolute atomic E-state index is 0.102. The van der Waals surface area contributed by atoms with Crippen molar-refractivity contribution in [2.75, 3.05) is 5.73 Å². The molecule has 0 radical (unpaired) electrons. The van der Waals surface area contributed by atoms with E-state index in [-0.39, 0.29) is 10.8 Å². The first kappa shape index (κ1) is 9.11. The van der Waals surface area contributed by atoms with E-state index in [0.717, 1.165) is 6.07 Å². The number of nitrogens with zero attached hydrogens (tertiary/aromatic N) is 2. The van der Waals surface area contributed by atoms with Crippen molar-refractivity contribution in [3.05, 3.63) is 11.9 Å². The number of hydrogen-bond acceptors (Lipinski definition) is 4. The largest absolute Gasteiger partial charge is 0.451 e. The standard InChI is InChI=1S/C5H4F3N3S/c6-5(7,8)4-10-2(9)1-3(12)11-4/h1H,(H3,9,10,11,12). The van der Waals surface area contributed by atoms with Crippen LogP contribution in [0.3, 0.4) is 0 Å². The van der Waals surface area contributed by atoms with E-state index < -0.39 is 12.0 Å². The van der Waals surface area contributed by atoms with Crippen LogP contribution in [0.15, 0.2) is 11.1 Å². The fourth-order valence-electron chi connectivity index (χ4n) is 0.579. The van der Waals surface area contributed by atoms with E-state index in [1.807, 2.05) is 0 Å². The monoisotopic (exact) mass is 195 g/mol. The predicted octanol–water partition coefficient (Wildman–Crippen LogP) is 1.37. The molecule has 0 aliphatic carbocycles. The second-order valence-electron chi connectivity index (χ2n) is 1.97. The second kappa shape index (κ2) is 2.81. The molecule has 0 atom stereocenters. The summed E-state index contributed by atoms with van der Waals surface area (Å²) in [6.07, 6.45) is -4.58. The van der Waals surface area contributed by atoms with Crippen LogP contribution >= 0.6 is 12.6 Å². The summed E-state index contributed by atoms with van der Waals surface area (Å²) in [6.45, 7) is 0. The molecule has 66 valence electrons. The molecule has 2 N–H and O–H groups in total. The van der Waals surface area contributed by atoms with E-state index in [9.17, 15) is 13.2 Å². The molecule has 1 rings (SSSR count). The third kappa shape index (κ3) is 2.00. The fraction of sp³-hybridized carbons (Fsp3) is 0.200. The van der Waals surface area contributed by atoms with Gasteiger partial charge in [-0.25, -0.2) is 9.97 Å². The van der Waals surface area contributed by atoms with Crippen molar-refractivity contribution >= 4 is 18.4 Å². The average Bonchev–Trinajstić information content (AvgIpc) is 1.82. The number of aromatic nitrogens is 2. The molecule has 0 saturated heterocycles. The summed E-state index contributed by atoms with van der Waals surface area (Å²) in [5.74, 6) is -1.52. The Labute approximate surface area is 71.2 Å². The molecule has 12 heavy (non-hydrogen) atoms. The number of hydrogen-bond donors (Lipinski definition) is 2. The molecule has 0 unspecified atom stereocenters. The maximum Gasteiger partial charge on any atom is 0.451 e. The van der Waals surface area contributed by atoms with Gasteiger partial charge in [0, 0.05) is 6.07 Å². The highest BCUT2D eigenvalue weighted by Gasteiger charge is 2.35. The number of halogens is 3. The minimum Gasteiger partial charge on any atom is -0.384 e. The predicted molar refractivity (Wildman–Crippen MR) is 38.7 cm³/mol. The average molecular weight is 195 g/mol. The van der Waals surface area contributed by atoms with Gasteiger partial charge in [-0.1, -0.05) is 0 Å². The number of anilines is 1. The van der Waals surface area contributed by atoms with Crippen molar-refractivity contribution in [1.29, 1.82) is 0 Å². The van der Waals surface area contributed by atoms with Gasteiger partial charge < -0.3 is 5.73 Å². The highest BCUT2D eigenvalue weighted by molar-refractivity contribution is 7.80. The molecule has 0 fully saturated rings. The van der Waals surface area contributed by atoms with E-state index in [4.69, 9.17) is 5.73 Å². The highest BCUT2D eigenvalue weighted by atomic mass is 32.1. The Morgan fingerprint density at radius 1 is 1.33 bits per heavy atom. The lowest BCUT2D eigenvalue weighted by Crippen LogP contribution is -2.12. The van der Waals surface area contributed by atoms with Gasteiger partial charge in [-0.05, 0) is 0 Å². The smallest absolute Gasteiger partial charge is 0.384 e. The van der Waals surface area contributed by atoms with E-state index in [0.29, 0.717) is 0 Å². The maximum absolute atomic E-state index is 11.9. The Morgan fingerprint density at radius 2 is 1.92 bits per heavy atom. The lowest BCUT2D eigenvalue weighted by atomic mass is 10.5. The molecule has 0 spiro atoms. The summed E-state index contributed by atoms with van der Waals surface area (Å²) < 4.78 is 35.8. The Hall–Kier alpha value is -0.980. The summed E-state index contributed by atoms with van der Waals surface area (Å²) in [4.78, 5) is 6.05. The van der Waals surface area contributed by atoms with Gasteiger partial charge in [-0.2, -0.15) is 13.2 Å². The summed E-state index contributed by atoms with van der Waals surface area (Å²) in [5, 5.41) is -0.102. The van der Waals surface area contributed by atoms with Gasteiger partial charge >= 0.3 is 6.18 Å². The molecule has 7 heteroatoms. The van der Waals surface area contributed by atoms with Gasteiger partial charge in [0.1, 0.15) is 5.82 Å². The molecule has 3 nitrogen and oxygen atoms in total. The van der Waals surface area contributed by atoms with Crippen LogP contribution in [0.2, 0.25) is 0 Å². The number of thiol groups is 1. The zero-order valence-corrected chi connectivity index (χ0v) is 6.52. The fourth-order valence-corrected chi connectivity index (χ4v) is 0.806. The molecule has 1 heterocycles. The topological polar surface area (TPSA) is 51.8 Å². The normalized spacial score (nSPS) is 11.7. The number of nitrogens with two attached hydrogens (primary N) is 1. The molecule has 1 aromatic heterocycles. The van der Waals surface area contributed by atoms with Crippen LogP contribution < -0.4 is 5.73 Å². The van der Waals surface area contributed by atoms with Crippen LogP contribution in [0.25, 0.3) is 0 Å². The van der Waals surface area contributed by atoms with Gasteiger partial charge in [0.15, 0.2) is 0 Å². The molecular weight excluding hydrogens is 191 g/mol. The van der Waals surface area contributed by atoms with Crippen LogP contribution in [-0.4, -0.2) is 9.97 Å². The summed E-state index contributed by atoms with van der Waals surface area (Å²) in [7, 11) is 0. The Kier molecular flexibility index (Phi) is 2.14. The lowest BCUT2D eigenvalue weighted by Gasteiger charge is -2.04. The van der Waals surface area contributed by atoms with Gasteiger partial charge in [0.05, 0.1) is 5.03 Å². The first-order valence-electron chi connectivity index (χ1n) is 2.80. The first-order chi connectivity index (χ1) is 5.39. The molecule has 0 aliphatic heterocycles. The quantitative estimate of drug-likeness (QED) is 0.485.